The first-order valence-corrected chi connectivity index (χ1v) is 5.65. The van der Waals surface area contributed by atoms with E-state index >= 15 is 0 Å². The minimum atomic E-state index is -1.80. The first-order valence-electron chi connectivity index (χ1n) is 5.65. The monoisotopic (exact) mass is 234 g/mol. The molecule has 0 aliphatic carbocycles. The zero-order valence-corrected chi connectivity index (χ0v) is 10.2. The number of aliphatic hydroxyl groups is 1. The van der Waals surface area contributed by atoms with E-state index in [9.17, 15) is 15.0 Å². The van der Waals surface area contributed by atoms with Gasteiger partial charge in [0, 0.05) is 0 Å². The van der Waals surface area contributed by atoms with Crippen LogP contribution in [0.5, 0.6) is 0 Å². The van der Waals surface area contributed by atoms with Crippen molar-refractivity contribution < 1.29 is 15.0 Å². The fraction of sp³-hybridized carbons (Fsp3) is 0.357. The number of hydrogen-bond donors (Lipinski definition) is 2. The minimum Gasteiger partial charge on any atom is -0.479 e. The van der Waals surface area contributed by atoms with Crippen LogP contribution in [0.4, 0.5) is 0 Å². The fourth-order valence-electron chi connectivity index (χ4n) is 1.85. The first-order chi connectivity index (χ1) is 8.02. The molecule has 0 aliphatic rings. The fourth-order valence-corrected chi connectivity index (χ4v) is 1.85. The van der Waals surface area contributed by atoms with Crippen molar-refractivity contribution in [2.24, 2.45) is 0 Å². The molecule has 0 aromatic heterocycles. The number of aryl methyl sites for hydroxylation is 1. The summed E-state index contributed by atoms with van der Waals surface area (Å²) in [5.41, 5.74) is -0.542. The van der Waals surface area contributed by atoms with Crippen molar-refractivity contribution in [3.63, 3.8) is 0 Å². The van der Waals surface area contributed by atoms with E-state index in [-0.39, 0.29) is 6.42 Å². The third-order valence-corrected chi connectivity index (χ3v) is 2.85. The number of hydrogen-bond acceptors (Lipinski definition) is 2. The summed E-state index contributed by atoms with van der Waals surface area (Å²) in [5.74, 6) is -1.20. The minimum absolute atomic E-state index is 0.178. The standard InChI is InChI=1S/C14H18O3/c1-3-4-7-10-14(17,13(15)16)12-9-6-5-8-11(12)2/h3-6,8-9,17H,7,10H2,1-2H3,(H,15,16). The van der Waals surface area contributed by atoms with Gasteiger partial charge in [-0.1, -0.05) is 36.4 Å². The van der Waals surface area contributed by atoms with Gasteiger partial charge >= 0.3 is 5.97 Å². The molecule has 2 N–H and O–H groups in total. The van der Waals surface area contributed by atoms with Gasteiger partial charge in [-0.2, -0.15) is 0 Å². The smallest absolute Gasteiger partial charge is 0.340 e. The number of benzene rings is 1. The SMILES string of the molecule is CC=CCCC(O)(C(=O)O)c1ccccc1C. The van der Waals surface area contributed by atoms with Gasteiger partial charge in [0.15, 0.2) is 5.60 Å². The van der Waals surface area contributed by atoms with E-state index in [0.29, 0.717) is 12.0 Å². The van der Waals surface area contributed by atoms with E-state index in [1.807, 2.05) is 25.1 Å². The van der Waals surface area contributed by atoms with Crippen LogP contribution in [0.2, 0.25) is 0 Å². The molecule has 0 bridgehead atoms. The summed E-state index contributed by atoms with van der Waals surface area (Å²) >= 11 is 0. The van der Waals surface area contributed by atoms with Gasteiger partial charge in [-0.3, -0.25) is 0 Å². The average Bonchev–Trinajstić information content (AvgIpc) is 2.29. The Morgan fingerprint density at radius 2 is 2.06 bits per heavy atom. The van der Waals surface area contributed by atoms with Crippen molar-refractivity contribution in [1.82, 2.24) is 0 Å². The summed E-state index contributed by atoms with van der Waals surface area (Å²) in [6.45, 7) is 3.67. The number of carbonyl (C=O) groups is 1. The summed E-state index contributed by atoms with van der Waals surface area (Å²) in [6.07, 6.45) is 4.41. The summed E-state index contributed by atoms with van der Waals surface area (Å²) in [7, 11) is 0. The number of rotatable bonds is 5. The number of allylic oxidation sites excluding steroid dienone is 2. The summed E-state index contributed by atoms with van der Waals surface area (Å²) in [6, 6.07) is 7.04. The quantitative estimate of drug-likeness (QED) is 0.770. The average molecular weight is 234 g/mol. The van der Waals surface area contributed by atoms with Crippen molar-refractivity contribution in [3.05, 3.63) is 47.5 Å². The lowest BCUT2D eigenvalue weighted by atomic mass is 9.86. The van der Waals surface area contributed by atoms with E-state index < -0.39 is 11.6 Å². The molecule has 3 heteroatoms. The lowest BCUT2D eigenvalue weighted by Crippen LogP contribution is -2.36. The topological polar surface area (TPSA) is 57.5 Å². The maximum absolute atomic E-state index is 11.3. The van der Waals surface area contributed by atoms with Gasteiger partial charge in [-0.25, -0.2) is 4.79 Å². The van der Waals surface area contributed by atoms with Gasteiger partial charge in [0.2, 0.25) is 0 Å². The maximum atomic E-state index is 11.3. The zero-order chi connectivity index (χ0) is 12.9. The molecule has 3 nitrogen and oxygen atoms in total. The molecule has 0 aliphatic heterocycles. The highest BCUT2D eigenvalue weighted by Gasteiger charge is 2.38. The highest BCUT2D eigenvalue weighted by Crippen LogP contribution is 2.29. The van der Waals surface area contributed by atoms with Gasteiger partial charge in [-0.15, -0.1) is 0 Å². The number of carboxylic acids is 1. The van der Waals surface area contributed by atoms with Gasteiger partial charge in [-0.05, 0) is 37.8 Å². The third kappa shape index (κ3) is 2.94. The Balaban J connectivity index is 3.07. The van der Waals surface area contributed by atoms with E-state index in [4.69, 9.17) is 0 Å². The molecular formula is C14H18O3. The van der Waals surface area contributed by atoms with Crippen LogP contribution in [0.1, 0.15) is 30.9 Å². The number of aliphatic carboxylic acids is 1. The molecule has 1 rings (SSSR count). The predicted molar refractivity (Wildman–Crippen MR) is 66.8 cm³/mol. The molecular weight excluding hydrogens is 216 g/mol. The molecule has 1 aromatic carbocycles. The van der Waals surface area contributed by atoms with Crippen LogP contribution < -0.4 is 0 Å². The Bertz CT molecular complexity index is 423. The Hall–Kier alpha value is -1.61. The molecule has 1 aromatic rings. The van der Waals surface area contributed by atoms with Crippen LogP contribution in [0.3, 0.4) is 0 Å². The molecule has 0 amide bonds. The second kappa shape index (κ2) is 5.64. The number of carboxylic acid groups (broad SMARTS) is 1. The zero-order valence-electron chi connectivity index (χ0n) is 10.2. The molecule has 92 valence electrons. The van der Waals surface area contributed by atoms with Crippen LogP contribution >= 0.6 is 0 Å². The van der Waals surface area contributed by atoms with Gasteiger partial charge in [0.25, 0.3) is 0 Å². The van der Waals surface area contributed by atoms with Gasteiger partial charge in [0.1, 0.15) is 0 Å². The van der Waals surface area contributed by atoms with Crippen molar-refractivity contribution in [3.8, 4) is 0 Å². The highest BCUT2D eigenvalue weighted by molar-refractivity contribution is 5.79. The van der Waals surface area contributed by atoms with Crippen LogP contribution in [-0.4, -0.2) is 16.2 Å². The maximum Gasteiger partial charge on any atom is 0.340 e. The summed E-state index contributed by atoms with van der Waals surface area (Å²) < 4.78 is 0. The summed E-state index contributed by atoms with van der Waals surface area (Å²) in [5, 5.41) is 19.6. The van der Waals surface area contributed by atoms with E-state index in [1.165, 1.54) is 0 Å². The lowest BCUT2D eigenvalue weighted by molar-refractivity contribution is -0.160. The summed E-state index contributed by atoms with van der Waals surface area (Å²) in [4.78, 5) is 11.3. The molecule has 0 heterocycles. The van der Waals surface area contributed by atoms with Gasteiger partial charge in [0.05, 0.1) is 0 Å². The molecule has 0 spiro atoms. The first kappa shape index (κ1) is 13.5. The van der Waals surface area contributed by atoms with Crippen molar-refractivity contribution in [2.45, 2.75) is 32.3 Å². The molecule has 1 unspecified atom stereocenters. The van der Waals surface area contributed by atoms with E-state index in [2.05, 4.69) is 0 Å². The molecule has 17 heavy (non-hydrogen) atoms. The Kier molecular flexibility index (Phi) is 4.46. The van der Waals surface area contributed by atoms with Crippen LogP contribution in [0.15, 0.2) is 36.4 Å². The normalized spacial score (nSPS) is 14.8. The second-order valence-electron chi connectivity index (χ2n) is 4.09. The molecule has 0 saturated heterocycles. The highest BCUT2D eigenvalue weighted by atomic mass is 16.4. The third-order valence-electron chi connectivity index (χ3n) is 2.85. The van der Waals surface area contributed by atoms with Crippen molar-refractivity contribution >= 4 is 5.97 Å². The van der Waals surface area contributed by atoms with E-state index in [1.54, 1.807) is 25.1 Å². The predicted octanol–water partition coefficient (Wildman–Crippen LogP) is 2.62. The lowest BCUT2D eigenvalue weighted by Gasteiger charge is -2.25. The van der Waals surface area contributed by atoms with Crippen LogP contribution in [0.25, 0.3) is 0 Å². The molecule has 1 atom stereocenters. The van der Waals surface area contributed by atoms with Gasteiger partial charge < -0.3 is 10.2 Å². The molecule has 0 fully saturated rings. The van der Waals surface area contributed by atoms with Crippen molar-refractivity contribution in [1.29, 1.82) is 0 Å². The Morgan fingerprint density at radius 3 is 2.59 bits per heavy atom. The Morgan fingerprint density at radius 1 is 1.41 bits per heavy atom. The largest absolute Gasteiger partial charge is 0.479 e. The molecule has 0 saturated carbocycles. The second-order valence-corrected chi connectivity index (χ2v) is 4.09. The Labute approximate surface area is 101 Å². The van der Waals surface area contributed by atoms with Crippen LogP contribution in [0, 0.1) is 6.92 Å². The van der Waals surface area contributed by atoms with Crippen molar-refractivity contribution in [2.75, 3.05) is 0 Å². The van der Waals surface area contributed by atoms with Crippen LogP contribution in [-0.2, 0) is 10.4 Å². The van der Waals surface area contributed by atoms with E-state index in [0.717, 1.165) is 5.56 Å². The molecule has 0 radical (unpaired) electrons.